The number of para-hydroxylation sites is 1. The summed E-state index contributed by atoms with van der Waals surface area (Å²) in [4.78, 5) is 26.7. The van der Waals surface area contributed by atoms with E-state index in [9.17, 15) is 9.59 Å². The number of rotatable bonds is 3. The van der Waals surface area contributed by atoms with E-state index in [2.05, 4.69) is 4.98 Å². The lowest BCUT2D eigenvalue weighted by molar-refractivity contribution is 0.0528. The number of esters is 1. The summed E-state index contributed by atoms with van der Waals surface area (Å²) in [5.74, 6) is -1.72. The average molecular weight is 245 g/mol. The van der Waals surface area contributed by atoms with Crippen molar-refractivity contribution in [3.63, 3.8) is 0 Å². The highest BCUT2D eigenvalue weighted by Crippen LogP contribution is 2.19. The van der Waals surface area contributed by atoms with Crippen molar-refractivity contribution >= 4 is 22.8 Å². The van der Waals surface area contributed by atoms with E-state index in [1.54, 1.807) is 31.2 Å². The molecule has 2 aromatic rings. The monoisotopic (exact) mass is 245 g/mol. The van der Waals surface area contributed by atoms with Gasteiger partial charge < -0.3 is 9.84 Å². The molecule has 5 nitrogen and oxygen atoms in total. The van der Waals surface area contributed by atoms with E-state index < -0.39 is 11.9 Å². The largest absolute Gasteiger partial charge is 0.477 e. The number of carboxylic acids is 1. The third kappa shape index (κ3) is 2.15. The highest BCUT2D eigenvalue weighted by molar-refractivity contribution is 6.05. The Morgan fingerprint density at radius 2 is 2.06 bits per heavy atom. The van der Waals surface area contributed by atoms with Gasteiger partial charge in [0.2, 0.25) is 0 Å². The molecule has 0 fully saturated rings. The van der Waals surface area contributed by atoms with Crippen molar-refractivity contribution in [3.05, 3.63) is 41.6 Å². The first kappa shape index (κ1) is 12.0. The number of benzene rings is 1. The fourth-order valence-corrected chi connectivity index (χ4v) is 1.66. The second kappa shape index (κ2) is 4.83. The molecular weight excluding hydrogens is 234 g/mol. The number of carbonyl (C=O) groups is 2. The molecule has 0 radical (unpaired) electrons. The molecule has 0 saturated heterocycles. The zero-order chi connectivity index (χ0) is 13.1. The minimum atomic E-state index is -1.17. The minimum absolute atomic E-state index is 0.170. The van der Waals surface area contributed by atoms with Crippen LogP contribution in [0.5, 0.6) is 0 Å². The van der Waals surface area contributed by atoms with Crippen molar-refractivity contribution in [1.29, 1.82) is 0 Å². The molecule has 0 aliphatic rings. The van der Waals surface area contributed by atoms with Crippen LogP contribution in [0.25, 0.3) is 10.9 Å². The van der Waals surface area contributed by atoms with Crippen LogP contribution in [0.2, 0.25) is 0 Å². The fourth-order valence-electron chi connectivity index (χ4n) is 1.66. The molecule has 18 heavy (non-hydrogen) atoms. The average Bonchev–Trinajstić information content (AvgIpc) is 2.37. The molecule has 1 heterocycles. The standard InChI is InChI=1S/C13H11NO4/c1-2-18-13(17)9-7-11(12(15)16)14-10-6-4-3-5-8(9)10/h3-7H,2H2,1H3,(H,15,16). The normalized spacial score (nSPS) is 10.3. The van der Waals surface area contributed by atoms with Crippen molar-refractivity contribution in [2.45, 2.75) is 6.92 Å². The molecule has 0 aliphatic carbocycles. The Labute approximate surface area is 103 Å². The lowest BCUT2D eigenvalue weighted by atomic mass is 10.1. The third-order valence-corrected chi connectivity index (χ3v) is 2.43. The number of carboxylic acid groups (broad SMARTS) is 1. The summed E-state index contributed by atoms with van der Waals surface area (Å²) >= 11 is 0. The molecule has 1 N–H and O–H groups in total. The molecule has 0 saturated carbocycles. The van der Waals surface area contributed by atoms with Gasteiger partial charge in [-0.15, -0.1) is 0 Å². The van der Waals surface area contributed by atoms with Gasteiger partial charge in [-0.1, -0.05) is 18.2 Å². The Hall–Kier alpha value is -2.43. The summed E-state index contributed by atoms with van der Waals surface area (Å²) in [5.41, 5.74) is 0.511. The second-order valence-electron chi connectivity index (χ2n) is 3.60. The molecule has 92 valence electrons. The van der Waals surface area contributed by atoms with E-state index in [4.69, 9.17) is 9.84 Å². The summed E-state index contributed by atoms with van der Waals surface area (Å²) in [5, 5.41) is 9.55. The van der Waals surface area contributed by atoms with Crippen LogP contribution in [0.15, 0.2) is 30.3 Å². The predicted molar refractivity (Wildman–Crippen MR) is 64.7 cm³/mol. The number of fused-ring (bicyclic) bond motifs is 1. The molecule has 2 rings (SSSR count). The number of aromatic carboxylic acids is 1. The zero-order valence-electron chi connectivity index (χ0n) is 9.71. The third-order valence-electron chi connectivity index (χ3n) is 2.43. The Balaban J connectivity index is 2.68. The maximum atomic E-state index is 11.8. The maximum Gasteiger partial charge on any atom is 0.354 e. The van der Waals surface area contributed by atoms with E-state index in [1.807, 2.05) is 0 Å². The number of carbonyl (C=O) groups excluding carboxylic acids is 1. The highest BCUT2D eigenvalue weighted by Gasteiger charge is 2.16. The first-order valence-electron chi connectivity index (χ1n) is 5.43. The zero-order valence-corrected chi connectivity index (χ0v) is 9.71. The van der Waals surface area contributed by atoms with E-state index in [0.717, 1.165) is 0 Å². The lowest BCUT2D eigenvalue weighted by Gasteiger charge is -2.06. The van der Waals surface area contributed by atoms with E-state index in [1.165, 1.54) is 6.07 Å². The van der Waals surface area contributed by atoms with E-state index >= 15 is 0 Å². The highest BCUT2D eigenvalue weighted by atomic mass is 16.5. The second-order valence-corrected chi connectivity index (χ2v) is 3.60. The van der Waals surface area contributed by atoms with Gasteiger partial charge in [-0.2, -0.15) is 0 Å². The molecule has 1 aromatic heterocycles. The van der Waals surface area contributed by atoms with Gasteiger partial charge in [0.1, 0.15) is 5.69 Å². The SMILES string of the molecule is CCOC(=O)c1cc(C(=O)O)nc2ccccc12. The Bertz CT molecular complexity index is 621. The van der Waals surface area contributed by atoms with Gasteiger partial charge in [0, 0.05) is 5.39 Å². The van der Waals surface area contributed by atoms with Crippen molar-refractivity contribution in [2.75, 3.05) is 6.61 Å². The van der Waals surface area contributed by atoms with Crippen LogP contribution >= 0.6 is 0 Å². The van der Waals surface area contributed by atoms with Crippen molar-refractivity contribution in [3.8, 4) is 0 Å². The molecule has 0 bridgehead atoms. The quantitative estimate of drug-likeness (QED) is 0.838. The van der Waals surface area contributed by atoms with Crippen LogP contribution in [0.4, 0.5) is 0 Å². The molecule has 5 heteroatoms. The predicted octanol–water partition coefficient (Wildman–Crippen LogP) is 2.11. The molecule has 0 unspecified atom stereocenters. The van der Waals surface area contributed by atoms with Gasteiger partial charge in [-0.25, -0.2) is 14.6 Å². The maximum absolute atomic E-state index is 11.8. The van der Waals surface area contributed by atoms with Gasteiger partial charge >= 0.3 is 11.9 Å². The molecule has 1 aromatic carbocycles. The van der Waals surface area contributed by atoms with Gasteiger partial charge in [0.05, 0.1) is 17.7 Å². The molecule has 0 aliphatic heterocycles. The molecule has 0 spiro atoms. The molecule has 0 amide bonds. The van der Waals surface area contributed by atoms with Crippen LogP contribution in [-0.4, -0.2) is 28.6 Å². The van der Waals surface area contributed by atoms with Crippen molar-refractivity contribution < 1.29 is 19.4 Å². The van der Waals surface area contributed by atoms with Crippen molar-refractivity contribution in [1.82, 2.24) is 4.98 Å². The van der Waals surface area contributed by atoms with Gasteiger partial charge in [0.25, 0.3) is 0 Å². The summed E-state index contributed by atoms with van der Waals surface area (Å²) in [6.45, 7) is 1.93. The fraction of sp³-hybridized carbons (Fsp3) is 0.154. The first-order valence-corrected chi connectivity index (χ1v) is 5.43. The number of hydrogen-bond donors (Lipinski definition) is 1. The summed E-state index contributed by atoms with van der Waals surface area (Å²) in [6.07, 6.45) is 0. The van der Waals surface area contributed by atoms with Crippen LogP contribution in [0.3, 0.4) is 0 Å². The topological polar surface area (TPSA) is 76.5 Å². The minimum Gasteiger partial charge on any atom is -0.477 e. The van der Waals surface area contributed by atoms with Crippen LogP contribution in [-0.2, 0) is 4.74 Å². The molecular formula is C13H11NO4. The number of hydrogen-bond acceptors (Lipinski definition) is 4. The van der Waals surface area contributed by atoms with Crippen molar-refractivity contribution in [2.24, 2.45) is 0 Å². The van der Waals surface area contributed by atoms with Crippen LogP contribution in [0.1, 0.15) is 27.8 Å². The number of ether oxygens (including phenoxy) is 1. The Kier molecular flexibility index (Phi) is 3.23. The van der Waals surface area contributed by atoms with E-state index in [-0.39, 0.29) is 17.9 Å². The number of nitrogens with zero attached hydrogens (tertiary/aromatic N) is 1. The smallest absolute Gasteiger partial charge is 0.354 e. The van der Waals surface area contributed by atoms with Gasteiger partial charge in [0.15, 0.2) is 0 Å². The van der Waals surface area contributed by atoms with Gasteiger partial charge in [-0.3, -0.25) is 0 Å². The summed E-state index contributed by atoms with van der Waals surface area (Å²) in [6, 6.07) is 8.09. The van der Waals surface area contributed by atoms with Gasteiger partial charge in [-0.05, 0) is 19.1 Å². The number of aromatic nitrogens is 1. The molecule has 0 atom stereocenters. The summed E-state index contributed by atoms with van der Waals surface area (Å²) < 4.78 is 4.91. The first-order chi connectivity index (χ1) is 8.63. The van der Waals surface area contributed by atoms with Crippen LogP contribution in [0, 0.1) is 0 Å². The Morgan fingerprint density at radius 1 is 1.33 bits per heavy atom. The summed E-state index contributed by atoms with van der Waals surface area (Å²) in [7, 11) is 0. The lowest BCUT2D eigenvalue weighted by Crippen LogP contribution is -2.09. The Morgan fingerprint density at radius 3 is 2.72 bits per heavy atom. The number of pyridine rings is 1. The van der Waals surface area contributed by atoms with Crippen LogP contribution < -0.4 is 0 Å². The van der Waals surface area contributed by atoms with E-state index in [0.29, 0.717) is 10.9 Å².